The molecule has 2 N–H and O–H groups in total. The highest BCUT2D eigenvalue weighted by Crippen LogP contribution is 2.60. The van der Waals surface area contributed by atoms with Gasteiger partial charge in [-0.15, -0.1) is 0 Å². The number of aliphatic carboxylic acids is 1. The van der Waals surface area contributed by atoms with Crippen LogP contribution in [0, 0.1) is 17.3 Å². The summed E-state index contributed by atoms with van der Waals surface area (Å²) in [5.41, 5.74) is 0.524. The molecule has 2 aliphatic carbocycles. The minimum absolute atomic E-state index is 0.125. The summed E-state index contributed by atoms with van der Waals surface area (Å²) in [5.74, 6) is 0.0452. The number of nitrogens with zero attached hydrogens (tertiary/aromatic N) is 1. The van der Waals surface area contributed by atoms with E-state index in [9.17, 15) is 9.59 Å². The largest absolute Gasteiger partial charge is 0.481 e. The minimum atomic E-state index is -0.727. The van der Waals surface area contributed by atoms with Crippen LogP contribution in [0.4, 0.5) is 0 Å². The van der Waals surface area contributed by atoms with Crippen molar-refractivity contribution >= 4 is 11.9 Å². The summed E-state index contributed by atoms with van der Waals surface area (Å²) in [7, 11) is 0. The summed E-state index contributed by atoms with van der Waals surface area (Å²) >= 11 is 0. The molecule has 0 spiro atoms. The first kappa shape index (κ1) is 13.9. The molecule has 3 fully saturated rings. The number of carboxylic acids is 1. The fourth-order valence-electron chi connectivity index (χ4n) is 3.49. The molecule has 20 heavy (non-hydrogen) atoms. The lowest BCUT2D eigenvalue weighted by Crippen LogP contribution is -2.44. The van der Waals surface area contributed by atoms with E-state index in [2.05, 4.69) is 5.32 Å². The van der Waals surface area contributed by atoms with E-state index < -0.39 is 5.97 Å². The quantitative estimate of drug-likeness (QED) is 0.764. The van der Waals surface area contributed by atoms with Crippen molar-refractivity contribution in [3.8, 4) is 0 Å². The molecule has 0 aromatic rings. The van der Waals surface area contributed by atoms with Crippen molar-refractivity contribution in [1.82, 2.24) is 10.2 Å². The topological polar surface area (TPSA) is 69.6 Å². The van der Waals surface area contributed by atoms with Gasteiger partial charge in [-0.2, -0.15) is 0 Å². The van der Waals surface area contributed by atoms with E-state index >= 15 is 0 Å². The van der Waals surface area contributed by atoms with Crippen LogP contribution in [0.5, 0.6) is 0 Å². The van der Waals surface area contributed by atoms with Gasteiger partial charge in [0.15, 0.2) is 0 Å². The summed E-state index contributed by atoms with van der Waals surface area (Å²) in [5, 5.41) is 12.3. The van der Waals surface area contributed by atoms with Crippen molar-refractivity contribution in [2.75, 3.05) is 26.2 Å². The molecule has 3 aliphatic rings. The van der Waals surface area contributed by atoms with Gasteiger partial charge in [-0.05, 0) is 49.9 Å². The molecular formula is C15H24N2O3. The maximum Gasteiger partial charge on any atom is 0.306 e. The second-order valence-corrected chi connectivity index (χ2v) is 6.73. The molecule has 1 amide bonds. The van der Waals surface area contributed by atoms with Gasteiger partial charge in [-0.3, -0.25) is 9.59 Å². The first-order valence-electron chi connectivity index (χ1n) is 7.82. The van der Waals surface area contributed by atoms with E-state index in [0.717, 1.165) is 12.5 Å². The molecule has 0 radical (unpaired) electrons. The Hall–Kier alpha value is -1.10. The predicted octanol–water partition coefficient (Wildman–Crippen LogP) is 1.09. The van der Waals surface area contributed by atoms with Crippen LogP contribution in [-0.2, 0) is 9.59 Å². The van der Waals surface area contributed by atoms with Crippen molar-refractivity contribution < 1.29 is 14.7 Å². The van der Waals surface area contributed by atoms with Crippen molar-refractivity contribution in [1.29, 1.82) is 0 Å². The lowest BCUT2D eigenvalue weighted by Gasteiger charge is -2.30. The van der Waals surface area contributed by atoms with Gasteiger partial charge in [0, 0.05) is 19.6 Å². The number of likely N-dealkylation sites (tertiary alicyclic amines) is 1. The van der Waals surface area contributed by atoms with Gasteiger partial charge < -0.3 is 15.3 Å². The number of nitrogens with one attached hydrogen (secondary N) is 1. The maximum atomic E-state index is 12.1. The molecule has 0 aromatic heterocycles. The Morgan fingerprint density at radius 3 is 2.30 bits per heavy atom. The molecule has 2 saturated carbocycles. The second-order valence-electron chi connectivity index (χ2n) is 6.73. The Morgan fingerprint density at radius 1 is 1.15 bits per heavy atom. The first-order chi connectivity index (χ1) is 9.61. The summed E-state index contributed by atoms with van der Waals surface area (Å²) in [6.45, 7) is 2.57. The first-order valence-corrected chi connectivity index (χ1v) is 7.82. The predicted molar refractivity (Wildman–Crippen MR) is 74.2 cm³/mol. The summed E-state index contributed by atoms with van der Waals surface area (Å²) in [6.07, 6.45) is 6.57. The summed E-state index contributed by atoms with van der Waals surface area (Å²) in [4.78, 5) is 24.8. The van der Waals surface area contributed by atoms with E-state index in [-0.39, 0.29) is 11.8 Å². The Morgan fingerprint density at radius 2 is 1.80 bits per heavy atom. The van der Waals surface area contributed by atoms with E-state index in [0.29, 0.717) is 37.9 Å². The smallest absolute Gasteiger partial charge is 0.306 e. The zero-order chi connectivity index (χ0) is 14.2. The number of carboxylic acid groups (broad SMARTS) is 1. The van der Waals surface area contributed by atoms with Gasteiger partial charge in [-0.25, -0.2) is 0 Å². The maximum absolute atomic E-state index is 12.1. The molecule has 0 aromatic carbocycles. The zero-order valence-electron chi connectivity index (χ0n) is 11.9. The molecule has 1 heterocycles. The summed E-state index contributed by atoms with van der Waals surface area (Å²) < 4.78 is 0. The highest BCUT2D eigenvalue weighted by atomic mass is 16.4. The number of carbonyl (C=O) groups is 2. The lowest BCUT2D eigenvalue weighted by molar-refractivity contribution is -0.145. The highest BCUT2D eigenvalue weighted by Gasteiger charge is 2.53. The van der Waals surface area contributed by atoms with Gasteiger partial charge in [0.2, 0.25) is 5.91 Å². The third kappa shape index (κ3) is 2.97. The Kier molecular flexibility index (Phi) is 3.71. The van der Waals surface area contributed by atoms with E-state index in [1.165, 1.54) is 25.7 Å². The van der Waals surface area contributed by atoms with Crippen molar-refractivity contribution in [2.24, 2.45) is 17.3 Å². The third-order valence-electron chi connectivity index (χ3n) is 5.29. The fraction of sp³-hybridized carbons (Fsp3) is 0.867. The van der Waals surface area contributed by atoms with Gasteiger partial charge in [0.1, 0.15) is 0 Å². The second kappa shape index (κ2) is 5.35. The third-order valence-corrected chi connectivity index (χ3v) is 5.29. The van der Waals surface area contributed by atoms with E-state index in [1.54, 1.807) is 0 Å². The average Bonchev–Trinajstić information content (AvgIpc) is 3.31. The van der Waals surface area contributed by atoms with E-state index in [1.807, 2.05) is 4.90 Å². The van der Waals surface area contributed by atoms with Gasteiger partial charge in [0.25, 0.3) is 0 Å². The van der Waals surface area contributed by atoms with Crippen LogP contribution in [0.15, 0.2) is 0 Å². The number of hydrogen-bond acceptors (Lipinski definition) is 3. The molecule has 0 unspecified atom stereocenters. The van der Waals surface area contributed by atoms with Gasteiger partial charge >= 0.3 is 5.97 Å². The van der Waals surface area contributed by atoms with Crippen LogP contribution < -0.4 is 5.32 Å². The monoisotopic (exact) mass is 280 g/mol. The highest BCUT2D eigenvalue weighted by molar-refractivity contribution is 5.79. The normalized spacial score (nSPS) is 25.5. The molecule has 3 rings (SSSR count). The summed E-state index contributed by atoms with van der Waals surface area (Å²) in [6, 6.07) is 0. The van der Waals surface area contributed by atoms with Crippen LogP contribution in [-0.4, -0.2) is 48.1 Å². The van der Waals surface area contributed by atoms with Crippen LogP contribution in [0.1, 0.15) is 38.5 Å². The van der Waals surface area contributed by atoms with Crippen molar-refractivity contribution in [3.63, 3.8) is 0 Å². The Balaban J connectivity index is 1.36. The van der Waals surface area contributed by atoms with Gasteiger partial charge in [-0.1, -0.05) is 0 Å². The SMILES string of the molecule is O=C(O)C1CCN(C(=O)CNCC2(C3CC3)CC2)CC1. The molecule has 1 aliphatic heterocycles. The number of rotatable bonds is 6. The Bertz CT molecular complexity index is 394. The molecule has 1 saturated heterocycles. The Labute approximate surface area is 119 Å². The molecular weight excluding hydrogens is 256 g/mol. The molecule has 5 nitrogen and oxygen atoms in total. The van der Waals surface area contributed by atoms with Crippen LogP contribution in [0.25, 0.3) is 0 Å². The van der Waals surface area contributed by atoms with Crippen LogP contribution in [0.3, 0.4) is 0 Å². The number of hydrogen-bond donors (Lipinski definition) is 2. The van der Waals surface area contributed by atoms with Crippen molar-refractivity contribution in [3.05, 3.63) is 0 Å². The standard InChI is InChI=1S/C15H24N2O3/c18-13(17-7-3-11(4-8-17)14(19)20)9-16-10-15(5-6-15)12-1-2-12/h11-12,16H,1-10H2,(H,19,20). The van der Waals surface area contributed by atoms with Crippen molar-refractivity contribution in [2.45, 2.75) is 38.5 Å². The van der Waals surface area contributed by atoms with Crippen LogP contribution in [0.2, 0.25) is 0 Å². The van der Waals surface area contributed by atoms with E-state index in [4.69, 9.17) is 5.11 Å². The zero-order valence-corrected chi connectivity index (χ0v) is 11.9. The number of carbonyl (C=O) groups excluding carboxylic acids is 1. The minimum Gasteiger partial charge on any atom is -0.481 e. The number of amides is 1. The van der Waals surface area contributed by atoms with Crippen LogP contribution >= 0.6 is 0 Å². The average molecular weight is 280 g/mol. The fourth-order valence-corrected chi connectivity index (χ4v) is 3.49. The molecule has 0 atom stereocenters. The lowest BCUT2D eigenvalue weighted by atomic mass is 9.97. The molecule has 112 valence electrons. The molecule has 5 heteroatoms. The van der Waals surface area contributed by atoms with Gasteiger partial charge in [0.05, 0.1) is 12.5 Å². The number of piperidine rings is 1. The molecule has 0 bridgehead atoms.